The summed E-state index contributed by atoms with van der Waals surface area (Å²) >= 11 is 0. The van der Waals surface area contributed by atoms with Crippen LogP contribution in [-0.4, -0.2) is 55.0 Å². The molecule has 0 radical (unpaired) electrons. The minimum absolute atomic E-state index is 0.839. The predicted molar refractivity (Wildman–Crippen MR) is 74.6 cm³/mol. The lowest BCUT2D eigenvalue weighted by Crippen LogP contribution is -2.39. The molecule has 2 heterocycles. The molecule has 0 aromatic rings. The Morgan fingerprint density at radius 1 is 1.14 bits per heavy atom. The first-order valence-electron chi connectivity index (χ1n) is 7.91. The van der Waals surface area contributed by atoms with Crippen molar-refractivity contribution in [3.63, 3.8) is 0 Å². The average Bonchev–Trinajstić information content (AvgIpc) is 3.22. The fraction of sp³-hybridized carbons (Fsp3) is 0.933. The summed E-state index contributed by atoms with van der Waals surface area (Å²) in [6.45, 7) is 6.10. The SMILES string of the molecule is C1CC(CN2CCC3(CC2)CC3)CCO1.O=C(O)C(F)(F)F. The van der Waals surface area contributed by atoms with E-state index in [0.29, 0.717) is 0 Å². The fourth-order valence-corrected chi connectivity index (χ4v) is 3.18. The van der Waals surface area contributed by atoms with Crippen molar-refractivity contribution in [3.8, 4) is 0 Å². The number of alkyl halides is 3. The predicted octanol–water partition coefficient (Wildman–Crippen LogP) is 2.92. The van der Waals surface area contributed by atoms with Crippen LogP contribution in [0, 0.1) is 11.3 Å². The monoisotopic (exact) mass is 323 g/mol. The molecule has 2 aliphatic heterocycles. The minimum Gasteiger partial charge on any atom is -0.475 e. The Kier molecular flexibility index (Phi) is 5.71. The summed E-state index contributed by atoms with van der Waals surface area (Å²) in [5.41, 5.74) is 0.839. The van der Waals surface area contributed by atoms with Crippen LogP contribution in [0.4, 0.5) is 13.2 Å². The van der Waals surface area contributed by atoms with E-state index < -0.39 is 12.1 Å². The van der Waals surface area contributed by atoms with Crippen LogP contribution in [0.25, 0.3) is 0 Å². The van der Waals surface area contributed by atoms with Crippen LogP contribution in [-0.2, 0) is 9.53 Å². The Morgan fingerprint density at radius 2 is 1.64 bits per heavy atom. The highest BCUT2D eigenvalue weighted by atomic mass is 19.4. The van der Waals surface area contributed by atoms with Crippen LogP contribution in [0.15, 0.2) is 0 Å². The van der Waals surface area contributed by atoms with Crippen LogP contribution in [0.2, 0.25) is 0 Å². The van der Waals surface area contributed by atoms with Gasteiger partial charge in [-0.15, -0.1) is 0 Å². The lowest BCUT2D eigenvalue weighted by molar-refractivity contribution is -0.192. The van der Waals surface area contributed by atoms with Gasteiger partial charge in [-0.25, -0.2) is 4.79 Å². The van der Waals surface area contributed by atoms with Gasteiger partial charge in [-0.3, -0.25) is 0 Å². The van der Waals surface area contributed by atoms with Gasteiger partial charge in [-0.05, 0) is 62.9 Å². The highest BCUT2D eigenvalue weighted by molar-refractivity contribution is 5.73. The van der Waals surface area contributed by atoms with Gasteiger partial charge in [0.15, 0.2) is 0 Å². The van der Waals surface area contributed by atoms with E-state index in [-0.39, 0.29) is 0 Å². The second-order valence-corrected chi connectivity index (χ2v) is 6.66. The van der Waals surface area contributed by atoms with Crippen LogP contribution in [0.3, 0.4) is 0 Å². The van der Waals surface area contributed by atoms with Gasteiger partial charge in [0.25, 0.3) is 0 Å². The van der Waals surface area contributed by atoms with Crippen molar-refractivity contribution in [1.82, 2.24) is 4.90 Å². The third-order valence-electron chi connectivity index (χ3n) is 4.97. The molecule has 0 atom stereocenters. The molecule has 1 saturated carbocycles. The number of aliphatic carboxylic acids is 1. The first-order valence-corrected chi connectivity index (χ1v) is 7.91. The standard InChI is InChI=1S/C13H23NO.C2HF3O2/c1-9-15-10-2-12(1)11-14-7-5-13(3-4-13)6-8-14;3-2(4,5)1(6)7/h12H,1-11H2;(H,6,7). The van der Waals surface area contributed by atoms with E-state index in [9.17, 15) is 13.2 Å². The zero-order valence-electron chi connectivity index (χ0n) is 12.7. The Morgan fingerprint density at radius 3 is 2.05 bits per heavy atom. The lowest BCUT2D eigenvalue weighted by Gasteiger charge is -2.35. The van der Waals surface area contributed by atoms with Gasteiger partial charge in [0.05, 0.1) is 0 Å². The molecule has 7 heteroatoms. The van der Waals surface area contributed by atoms with Crippen molar-refractivity contribution in [2.45, 2.75) is 44.7 Å². The topological polar surface area (TPSA) is 49.8 Å². The zero-order valence-corrected chi connectivity index (χ0v) is 12.7. The van der Waals surface area contributed by atoms with Gasteiger partial charge in [-0.1, -0.05) is 0 Å². The van der Waals surface area contributed by atoms with Crippen LogP contribution < -0.4 is 0 Å². The summed E-state index contributed by atoms with van der Waals surface area (Å²) in [5, 5.41) is 7.12. The second kappa shape index (κ2) is 7.17. The number of nitrogens with zero attached hydrogens (tertiary/aromatic N) is 1. The quantitative estimate of drug-likeness (QED) is 0.849. The zero-order chi connectivity index (χ0) is 16.2. The maximum atomic E-state index is 10.6. The summed E-state index contributed by atoms with van der Waals surface area (Å²) in [7, 11) is 0. The van der Waals surface area contributed by atoms with Crippen molar-refractivity contribution >= 4 is 5.97 Å². The first-order chi connectivity index (χ1) is 10.3. The molecule has 3 rings (SSSR count). The molecule has 0 aromatic carbocycles. The number of hydrogen-bond acceptors (Lipinski definition) is 3. The highest BCUT2D eigenvalue weighted by Gasteiger charge is 2.44. The molecule has 1 spiro atoms. The number of likely N-dealkylation sites (tertiary alicyclic amines) is 1. The molecule has 0 aromatic heterocycles. The molecule has 0 amide bonds. The number of carboxylic acid groups (broad SMARTS) is 1. The molecule has 128 valence electrons. The highest BCUT2D eigenvalue weighted by Crippen LogP contribution is 2.53. The molecule has 0 unspecified atom stereocenters. The molecule has 22 heavy (non-hydrogen) atoms. The van der Waals surface area contributed by atoms with E-state index in [1.54, 1.807) is 0 Å². The van der Waals surface area contributed by atoms with Crippen molar-refractivity contribution in [3.05, 3.63) is 0 Å². The maximum absolute atomic E-state index is 10.6. The molecule has 0 bridgehead atoms. The first kappa shape index (κ1) is 17.5. The summed E-state index contributed by atoms with van der Waals surface area (Å²) in [5.74, 6) is -1.83. The second-order valence-electron chi connectivity index (χ2n) is 6.66. The van der Waals surface area contributed by atoms with E-state index in [2.05, 4.69) is 4.90 Å². The van der Waals surface area contributed by atoms with Crippen molar-refractivity contribution in [2.24, 2.45) is 11.3 Å². The van der Waals surface area contributed by atoms with Crippen LogP contribution >= 0.6 is 0 Å². The number of piperidine rings is 1. The van der Waals surface area contributed by atoms with E-state index >= 15 is 0 Å². The summed E-state index contributed by atoms with van der Waals surface area (Å²) in [6, 6.07) is 0. The molecule has 3 fully saturated rings. The van der Waals surface area contributed by atoms with Gasteiger partial charge in [0.2, 0.25) is 0 Å². The molecule has 3 aliphatic rings. The normalized spacial score (nSPS) is 25.4. The summed E-state index contributed by atoms with van der Waals surface area (Å²) in [4.78, 5) is 11.6. The van der Waals surface area contributed by atoms with Crippen molar-refractivity contribution < 1.29 is 27.8 Å². The lowest BCUT2D eigenvalue weighted by atomic mass is 9.92. The van der Waals surface area contributed by atoms with Gasteiger partial charge in [0.1, 0.15) is 0 Å². The Balaban J connectivity index is 0.000000217. The Hall–Kier alpha value is -0.820. The summed E-state index contributed by atoms with van der Waals surface area (Å²) < 4.78 is 37.1. The van der Waals surface area contributed by atoms with Crippen LogP contribution in [0.1, 0.15) is 38.5 Å². The minimum atomic E-state index is -5.08. The number of ether oxygens (including phenoxy) is 1. The molecular formula is C15H24F3NO3. The third-order valence-corrected chi connectivity index (χ3v) is 4.97. The Bertz CT molecular complexity index is 367. The van der Waals surface area contributed by atoms with E-state index in [0.717, 1.165) is 24.5 Å². The molecular weight excluding hydrogens is 299 g/mol. The van der Waals surface area contributed by atoms with E-state index in [1.807, 2.05) is 0 Å². The average molecular weight is 323 g/mol. The number of rotatable bonds is 2. The number of carbonyl (C=O) groups is 1. The van der Waals surface area contributed by atoms with Gasteiger partial charge >= 0.3 is 12.1 Å². The molecule has 1 N–H and O–H groups in total. The smallest absolute Gasteiger partial charge is 0.475 e. The molecule has 4 nitrogen and oxygen atoms in total. The van der Waals surface area contributed by atoms with E-state index in [4.69, 9.17) is 14.6 Å². The van der Waals surface area contributed by atoms with Crippen molar-refractivity contribution in [1.29, 1.82) is 0 Å². The van der Waals surface area contributed by atoms with E-state index in [1.165, 1.54) is 58.2 Å². The van der Waals surface area contributed by atoms with Gasteiger partial charge in [-0.2, -0.15) is 13.2 Å². The Labute approximate surface area is 128 Å². The summed E-state index contributed by atoms with van der Waals surface area (Å²) in [6.07, 6.45) is 3.52. The number of halogens is 3. The molecule has 2 saturated heterocycles. The van der Waals surface area contributed by atoms with Crippen molar-refractivity contribution in [2.75, 3.05) is 32.8 Å². The molecule has 1 aliphatic carbocycles. The fourth-order valence-electron chi connectivity index (χ4n) is 3.18. The van der Waals surface area contributed by atoms with Gasteiger partial charge < -0.3 is 14.7 Å². The number of hydrogen-bond donors (Lipinski definition) is 1. The third kappa shape index (κ3) is 5.43. The maximum Gasteiger partial charge on any atom is 0.490 e. The van der Waals surface area contributed by atoms with Gasteiger partial charge in [0, 0.05) is 19.8 Å². The largest absolute Gasteiger partial charge is 0.490 e. The number of carboxylic acids is 1. The van der Waals surface area contributed by atoms with Crippen LogP contribution in [0.5, 0.6) is 0 Å².